The van der Waals surface area contributed by atoms with Gasteiger partial charge in [-0.25, -0.2) is 34.7 Å². The lowest BCUT2D eigenvalue weighted by molar-refractivity contribution is -0.131. The van der Waals surface area contributed by atoms with Gasteiger partial charge in [-0.1, -0.05) is 109 Å². The molecule has 12 aromatic rings. The Balaban J connectivity index is 0.000000117. The topological polar surface area (TPSA) is 254 Å². The lowest BCUT2D eigenvalue weighted by Gasteiger charge is -2.33. The van der Waals surface area contributed by atoms with Gasteiger partial charge in [-0.2, -0.15) is 15.0 Å². The van der Waals surface area contributed by atoms with Crippen LogP contribution in [0.1, 0.15) is 110 Å². The van der Waals surface area contributed by atoms with Gasteiger partial charge in [0.05, 0.1) is 69.9 Å². The van der Waals surface area contributed by atoms with Gasteiger partial charge in [-0.15, -0.1) is 11.3 Å². The number of thiophene rings is 1. The second kappa shape index (κ2) is 33.5. The van der Waals surface area contributed by atoms with Crippen LogP contribution in [0.3, 0.4) is 0 Å². The van der Waals surface area contributed by atoms with Crippen molar-refractivity contribution in [2.45, 2.75) is 89.3 Å². The van der Waals surface area contributed by atoms with Gasteiger partial charge in [0.2, 0.25) is 23.8 Å². The van der Waals surface area contributed by atoms with E-state index in [9.17, 15) is 14.4 Å². The molecule has 21 rings (SSSR count). The van der Waals surface area contributed by atoms with Crippen LogP contribution in [-0.2, 0) is 44.7 Å². The van der Waals surface area contributed by atoms with Gasteiger partial charge in [0.15, 0.2) is 16.9 Å². The highest BCUT2D eigenvalue weighted by Gasteiger charge is 2.34. The van der Waals surface area contributed by atoms with Crippen molar-refractivity contribution in [1.29, 1.82) is 0 Å². The number of halogens is 1. The summed E-state index contributed by atoms with van der Waals surface area (Å²) in [5.74, 6) is 2.47. The molecule has 0 bridgehead atoms. The Morgan fingerprint density at radius 1 is 0.462 bits per heavy atom. The van der Waals surface area contributed by atoms with Gasteiger partial charge >= 0.3 is 6.03 Å². The molecule has 9 aliphatic rings. The van der Waals surface area contributed by atoms with E-state index in [4.69, 9.17) is 70.7 Å². The normalized spacial score (nSPS) is 17.7. The Morgan fingerprint density at radius 2 is 0.872 bits per heavy atom. The molecule has 14 heterocycles. The number of benzene rings is 4. The summed E-state index contributed by atoms with van der Waals surface area (Å²) in [4.78, 5) is 103. The third-order valence-electron chi connectivity index (χ3n) is 24.0. The summed E-state index contributed by atoms with van der Waals surface area (Å²) in [6, 6.07) is 34.8. The number of nitrogens with one attached hydrogen (secondary N) is 1. The van der Waals surface area contributed by atoms with E-state index < -0.39 is 0 Å². The molecule has 6 fully saturated rings. The number of carbonyl (C=O) groups is 3. The van der Waals surface area contributed by atoms with Crippen LogP contribution in [0.15, 0.2) is 153 Å². The number of aromatic nitrogens is 13. The number of carbonyl (C=O) groups excluding carboxylic acids is 3. The number of hydrogen-bond donors (Lipinski definition) is 1. The fraction of sp³-hybridized carbons (Fsp3) is 0.360. The molecule has 28 heteroatoms. The second-order valence-electron chi connectivity index (χ2n) is 31.1. The van der Waals surface area contributed by atoms with Crippen LogP contribution >= 0.6 is 22.9 Å². The maximum atomic E-state index is 13.0. The summed E-state index contributed by atoms with van der Waals surface area (Å²) in [7, 11) is 0. The van der Waals surface area contributed by atoms with Crippen molar-refractivity contribution in [3.05, 3.63) is 206 Å². The number of allylic oxidation sites excluding steroid dienone is 3. The highest BCUT2D eigenvalue weighted by molar-refractivity contribution is 7.13. The number of morpholine rings is 3. The molecular formula is C89H91ClN20O6S. The molecule has 3 aliphatic carbocycles. The fourth-order valence-corrected chi connectivity index (χ4v) is 18.6. The van der Waals surface area contributed by atoms with Crippen LogP contribution in [0.5, 0.6) is 0 Å². The van der Waals surface area contributed by atoms with E-state index in [1.807, 2.05) is 77.0 Å². The van der Waals surface area contributed by atoms with Gasteiger partial charge in [0.25, 0.3) is 5.91 Å². The molecule has 6 saturated heterocycles. The van der Waals surface area contributed by atoms with Crippen LogP contribution in [0.25, 0.3) is 85.5 Å². The molecule has 0 radical (unpaired) electrons. The van der Waals surface area contributed by atoms with Gasteiger partial charge in [0.1, 0.15) is 33.6 Å². The van der Waals surface area contributed by atoms with Crippen molar-refractivity contribution in [2.24, 2.45) is 0 Å². The first-order chi connectivity index (χ1) is 57.5. The number of aryl methyl sites for hydroxylation is 1. The average molecular weight is 1600 g/mol. The summed E-state index contributed by atoms with van der Waals surface area (Å²) in [5, 5.41) is 3.62. The molecule has 596 valence electrons. The monoisotopic (exact) mass is 1600 g/mol. The van der Waals surface area contributed by atoms with Gasteiger partial charge in [-0.05, 0) is 146 Å². The Bertz CT molecular complexity index is 5780. The molecule has 0 unspecified atom stereocenters. The van der Waals surface area contributed by atoms with E-state index in [0.29, 0.717) is 83.2 Å². The second-order valence-corrected chi connectivity index (χ2v) is 32.8. The van der Waals surface area contributed by atoms with E-state index in [1.54, 1.807) is 35.9 Å². The molecule has 0 atom stereocenters. The summed E-state index contributed by atoms with van der Waals surface area (Å²) < 4.78 is 23.4. The van der Waals surface area contributed by atoms with Crippen molar-refractivity contribution in [3.63, 3.8) is 0 Å². The molecule has 6 aliphatic heterocycles. The Morgan fingerprint density at radius 3 is 1.26 bits per heavy atom. The van der Waals surface area contributed by atoms with E-state index in [1.165, 1.54) is 38.3 Å². The zero-order chi connectivity index (χ0) is 78.9. The van der Waals surface area contributed by atoms with Gasteiger partial charge in [0, 0.05) is 141 Å². The minimum atomic E-state index is -0.0959. The summed E-state index contributed by atoms with van der Waals surface area (Å²) in [6.07, 6.45) is 30.8. The maximum absolute atomic E-state index is 13.0. The largest absolute Gasteiger partial charge is 0.378 e. The number of likely N-dealkylation sites (tertiary alicyclic amines) is 3. The molecule has 4 aromatic carbocycles. The minimum Gasteiger partial charge on any atom is -0.378 e. The number of amides is 4. The summed E-state index contributed by atoms with van der Waals surface area (Å²) in [6.45, 7) is 14.8. The number of rotatable bonds is 13. The first kappa shape index (κ1) is 75.4. The van der Waals surface area contributed by atoms with E-state index in [0.717, 1.165) is 205 Å². The standard InChI is InChI=1S/C30H30ClN7O2.C30H31N7O2.C29H30N6O2S/c31-21-7-9-22(10-8-21)33-30(39)37-13-11-23(12-14-37)38-19-32-27-26(25-6-2-4-20-3-1-5-24(20)25)34-29(35-28(27)38)36-15-17-40-18-16-36;38-26(18-21-4-3-11-31-19-21)35-12-9-23(10-13-35)37-20-32-28-27(25-8-2-6-22-5-1-7-24(22)25)33-30(34-29(28)37)36-14-16-39-17-15-36;1-19-8-9-24(38-19)28(36)33-12-10-21(11-13-33)35-18-30-26-25(23-7-3-5-20-4-2-6-22(20)23)31-29(32-27(26)35)34-14-16-37-17-15-34/h1-2,4-10,19,23H,3,11-18H2,(H,33,39);1-4,6-8,11,19-20,23H,5,9-10,12-18H2;2-3,5-9,18,21H,4,10-17H2,1H3. The Hall–Kier alpha value is -11.6. The molecular weight excluding hydrogens is 1510 g/mol. The van der Waals surface area contributed by atoms with E-state index >= 15 is 0 Å². The zero-order valence-electron chi connectivity index (χ0n) is 65.4. The summed E-state index contributed by atoms with van der Waals surface area (Å²) in [5.41, 5.74) is 20.3. The third-order valence-corrected chi connectivity index (χ3v) is 25.2. The predicted octanol–water partition coefficient (Wildman–Crippen LogP) is 13.9. The number of nitrogens with zero attached hydrogens (tertiary/aromatic N) is 19. The fourth-order valence-electron chi connectivity index (χ4n) is 17.6. The first-order valence-electron chi connectivity index (χ1n) is 41.0. The highest BCUT2D eigenvalue weighted by Crippen LogP contribution is 2.42. The van der Waals surface area contributed by atoms with E-state index in [-0.39, 0.29) is 36.0 Å². The van der Waals surface area contributed by atoms with Crippen molar-refractivity contribution in [1.82, 2.24) is 78.2 Å². The molecule has 1 N–H and O–H groups in total. The van der Waals surface area contributed by atoms with Crippen molar-refractivity contribution in [3.8, 4) is 33.8 Å². The molecule has 0 spiro atoms. The number of ether oxygens (including phenoxy) is 3. The number of urea groups is 1. The lowest BCUT2D eigenvalue weighted by atomic mass is 10.00. The molecule has 8 aromatic heterocycles. The van der Waals surface area contributed by atoms with Crippen molar-refractivity contribution >= 4 is 116 Å². The van der Waals surface area contributed by atoms with Crippen LogP contribution < -0.4 is 20.0 Å². The number of fused-ring (bicyclic) bond motifs is 6. The maximum Gasteiger partial charge on any atom is 0.321 e. The summed E-state index contributed by atoms with van der Waals surface area (Å²) >= 11 is 7.55. The van der Waals surface area contributed by atoms with Crippen molar-refractivity contribution < 1.29 is 28.6 Å². The average Bonchev–Trinajstić information content (AvgIpc) is 1.63. The molecule has 0 saturated carbocycles. The molecule has 117 heavy (non-hydrogen) atoms. The van der Waals surface area contributed by atoms with Crippen LogP contribution in [-0.4, -0.2) is 214 Å². The van der Waals surface area contributed by atoms with Crippen LogP contribution in [0, 0.1) is 6.92 Å². The number of imidazole rings is 3. The lowest BCUT2D eigenvalue weighted by Crippen LogP contribution is -2.41. The first-order valence-corrected chi connectivity index (χ1v) is 42.2. The number of anilines is 4. The predicted molar refractivity (Wildman–Crippen MR) is 456 cm³/mol. The van der Waals surface area contributed by atoms with Gasteiger partial charge in [-0.3, -0.25) is 14.6 Å². The molecule has 26 nitrogen and oxygen atoms in total. The zero-order valence-corrected chi connectivity index (χ0v) is 67.0. The SMILES string of the molecule is Cc1ccc(C(=O)N2CCC(n3cnc4c(-c5cccc6c5C=CC6)nc(N5CCOCC5)nc43)CC2)s1.O=C(Cc1cccnc1)N1CCC(n2cnc3c(-c4cccc5c4C=CC5)nc(N4CCOCC4)nc32)CC1.O=C(Nc1ccc(Cl)cc1)N1CCC(n2cnc3c(-c4cccc5c4C=CC5)nc(N4CCOCC4)nc32)CC1. The third kappa shape index (κ3) is 15.7. The van der Waals surface area contributed by atoms with Crippen LogP contribution in [0.2, 0.25) is 5.02 Å². The Labute approximate surface area is 686 Å². The number of pyridine rings is 1. The van der Waals surface area contributed by atoms with Crippen LogP contribution in [0.4, 0.5) is 28.3 Å². The molecule has 4 amide bonds. The highest BCUT2D eigenvalue weighted by atomic mass is 35.5. The smallest absolute Gasteiger partial charge is 0.321 e. The van der Waals surface area contributed by atoms with E-state index in [2.05, 4.69) is 130 Å². The number of piperidine rings is 3. The van der Waals surface area contributed by atoms with Crippen molar-refractivity contribution in [2.75, 3.05) is 138 Å². The van der Waals surface area contributed by atoms with Gasteiger partial charge < -0.3 is 62.6 Å². The quantitative estimate of drug-likeness (QED) is 0.113. The minimum absolute atomic E-state index is 0.0959. The Kier molecular flexibility index (Phi) is 21.6. The number of hydrogen-bond acceptors (Lipinski definition) is 20.